The third-order valence-corrected chi connectivity index (χ3v) is 6.64. The monoisotopic (exact) mass is 475 g/mol. The standard InChI is InChI=1S/C31H57NO2/c1-3-5-7-9-11-12-13-14-16-18-20-28-33-29-21-27-32-34-31-25-23-30(24-26-31)22-19-17-15-10-8-6-4-2/h23-26,32H,3-22,27-29H2,1-2H3. The number of hydrogen-bond donors (Lipinski definition) is 1. The maximum atomic E-state index is 5.76. The molecule has 3 nitrogen and oxygen atoms in total. The Morgan fingerprint density at radius 3 is 1.56 bits per heavy atom. The van der Waals surface area contributed by atoms with Crippen LogP contribution in [0.25, 0.3) is 0 Å². The molecule has 198 valence electrons. The highest BCUT2D eigenvalue weighted by Crippen LogP contribution is 2.15. The molecular formula is C31H57NO2. The summed E-state index contributed by atoms with van der Waals surface area (Å²) in [5.41, 5.74) is 4.48. The third-order valence-electron chi connectivity index (χ3n) is 6.64. The van der Waals surface area contributed by atoms with Gasteiger partial charge in [-0.3, -0.25) is 0 Å². The van der Waals surface area contributed by atoms with Gasteiger partial charge in [0.15, 0.2) is 0 Å². The minimum atomic E-state index is 0.811. The number of rotatable bonds is 26. The van der Waals surface area contributed by atoms with Crippen LogP contribution in [0.5, 0.6) is 5.75 Å². The topological polar surface area (TPSA) is 30.5 Å². The van der Waals surface area contributed by atoms with Crippen LogP contribution < -0.4 is 10.3 Å². The Hall–Kier alpha value is -1.06. The number of nitrogens with one attached hydrogen (secondary N) is 1. The Morgan fingerprint density at radius 1 is 0.529 bits per heavy atom. The fourth-order valence-electron chi connectivity index (χ4n) is 4.36. The van der Waals surface area contributed by atoms with Crippen LogP contribution in [0.3, 0.4) is 0 Å². The van der Waals surface area contributed by atoms with Gasteiger partial charge in [-0.1, -0.05) is 129 Å². The quantitative estimate of drug-likeness (QED) is 0.107. The molecule has 0 saturated carbocycles. The van der Waals surface area contributed by atoms with Crippen molar-refractivity contribution in [1.29, 1.82) is 0 Å². The first-order valence-electron chi connectivity index (χ1n) is 14.9. The minimum Gasteiger partial charge on any atom is -0.409 e. The predicted octanol–water partition coefficient (Wildman–Crippen LogP) is 9.58. The molecule has 0 aliphatic heterocycles. The molecule has 0 heterocycles. The number of hydroxylamine groups is 1. The molecule has 3 heteroatoms. The van der Waals surface area contributed by atoms with Crippen LogP contribution in [0, 0.1) is 0 Å². The summed E-state index contributed by atoms with van der Waals surface area (Å²) in [5.74, 6) is 0.894. The molecule has 0 fully saturated rings. The fourth-order valence-corrected chi connectivity index (χ4v) is 4.36. The summed E-state index contributed by atoms with van der Waals surface area (Å²) in [7, 11) is 0. The van der Waals surface area contributed by atoms with Crippen LogP contribution in [0.15, 0.2) is 24.3 Å². The average molecular weight is 476 g/mol. The first kappa shape index (κ1) is 31.0. The zero-order chi connectivity index (χ0) is 24.4. The third kappa shape index (κ3) is 20.3. The van der Waals surface area contributed by atoms with E-state index in [1.165, 1.54) is 128 Å². The van der Waals surface area contributed by atoms with Crippen molar-refractivity contribution in [3.05, 3.63) is 29.8 Å². The van der Waals surface area contributed by atoms with Crippen LogP contribution >= 0.6 is 0 Å². The maximum Gasteiger partial charge on any atom is 0.147 e. The van der Waals surface area contributed by atoms with E-state index < -0.39 is 0 Å². The van der Waals surface area contributed by atoms with Gasteiger partial charge in [0.1, 0.15) is 5.75 Å². The van der Waals surface area contributed by atoms with Crippen LogP contribution in [-0.2, 0) is 11.2 Å². The second-order valence-corrected chi connectivity index (χ2v) is 10.0. The molecule has 1 aromatic carbocycles. The lowest BCUT2D eigenvalue weighted by molar-refractivity contribution is 0.115. The van der Waals surface area contributed by atoms with Crippen molar-refractivity contribution < 1.29 is 9.57 Å². The highest BCUT2D eigenvalue weighted by atomic mass is 16.6. The van der Waals surface area contributed by atoms with Gasteiger partial charge in [0.05, 0.1) is 0 Å². The molecule has 1 N–H and O–H groups in total. The zero-order valence-corrected chi connectivity index (χ0v) is 22.9. The van der Waals surface area contributed by atoms with Gasteiger partial charge >= 0.3 is 0 Å². The first-order valence-corrected chi connectivity index (χ1v) is 14.9. The molecule has 0 amide bonds. The van der Waals surface area contributed by atoms with Crippen molar-refractivity contribution in [1.82, 2.24) is 5.48 Å². The number of benzene rings is 1. The molecule has 0 bridgehead atoms. The van der Waals surface area contributed by atoms with Gasteiger partial charge in [-0.25, -0.2) is 0 Å². The molecule has 0 atom stereocenters. The van der Waals surface area contributed by atoms with Crippen molar-refractivity contribution in [3.63, 3.8) is 0 Å². The summed E-state index contributed by atoms with van der Waals surface area (Å²) >= 11 is 0. The lowest BCUT2D eigenvalue weighted by Gasteiger charge is -2.09. The van der Waals surface area contributed by atoms with Crippen molar-refractivity contribution in [2.45, 2.75) is 142 Å². The Labute approximate surface area is 212 Å². The largest absolute Gasteiger partial charge is 0.409 e. The van der Waals surface area contributed by atoms with Crippen molar-refractivity contribution in [3.8, 4) is 5.75 Å². The zero-order valence-electron chi connectivity index (χ0n) is 22.9. The van der Waals surface area contributed by atoms with Gasteiger partial charge in [0.25, 0.3) is 0 Å². The minimum absolute atomic E-state index is 0.811. The predicted molar refractivity (Wildman–Crippen MR) is 149 cm³/mol. The first-order chi connectivity index (χ1) is 16.9. The molecule has 0 spiro atoms. The van der Waals surface area contributed by atoms with Gasteiger partial charge in [-0.05, 0) is 43.4 Å². The van der Waals surface area contributed by atoms with Crippen LogP contribution in [-0.4, -0.2) is 19.8 Å². The van der Waals surface area contributed by atoms with E-state index in [9.17, 15) is 0 Å². The van der Waals surface area contributed by atoms with E-state index in [1.54, 1.807) is 0 Å². The lowest BCUT2D eigenvalue weighted by Crippen LogP contribution is -2.21. The summed E-state index contributed by atoms with van der Waals surface area (Å²) in [5, 5.41) is 0. The number of aryl methyl sites for hydroxylation is 1. The Bertz CT molecular complexity index is 517. The summed E-state index contributed by atoms with van der Waals surface area (Å²) in [6.45, 7) is 7.09. The molecule has 0 aromatic heterocycles. The fraction of sp³-hybridized carbons (Fsp3) is 0.806. The number of unbranched alkanes of at least 4 members (excludes halogenated alkanes) is 16. The molecule has 0 aliphatic rings. The van der Waals surface area contributed by atoms with E-state index in [-0.39, 0.29) is 0 Å². The van der Waals surface area contributed by atoms with Gasteiger partial charge in [-0.2, -0.15) is 5.48 Å². The highest BCUT2D eigenvalue weighted by molar-refractivity contribution is 5.27. The second kappa shape index (κ2) is 25.0. The summed E-state index contributed by atoms with van der Waals surface area (Å²) in [4.78, 5) is 5.66. The summed E-state index contributed by atoms with van der Waals surface area (Å²) < 4.78 is 5.76. The Balaban J connectivity index is 1.83. The summed E-state index contributed by atoms with van der Waals surface area (Å²) in [6.07, 6.45) is 26.9. The van der Waals surface area contributed by atoms with Gasteiger partial charge in [0, 0.05) is 19.8 Å². The van der Waals surface area contributed by atoms with Crippen LogP contribution in [0.2, 0.25) is 0 Å². The van der Waals surface area contributed by atoms with Crippen molar-refractivity contribution >= 4 is 0 Å². The Kier molecular flexibility index (Phi) is 22.8. The van der Waals surface area contributed by atoms with E-state index in [2.05, 4.69) is 43.6 Å². The number of hydrogen-bond acceptors (Lipinski definition) is 3. The molecule has 0 unspecified atom stereocenters. The molecule has 0 saturated heterocycles. The molecule has 0 aliphatic carbocycles. The summed E-state index contributed by atoms with van der Waals surface area (Å²) in [6, 6.07) is 8.55. The smallest absolute Gasteiger partial charge is 0.147 e. The van der Waals surface area contributed by atoms with Crippen molar-refractivity contribution in [2.75, 3.05) is 19.8 Å². The Morgan fingerprint density at radius 2 is 1.00 bits per heavy atom. The van der Waals surface area contributed by atoms with E-state index in [0.29, 0.717) is 0 Å². The molecule has 34 heavy (non-hydrogen) atoms. The van der Waals surface area contributed by atoms with E-state index in [4.69, 9.17) is 9.57 Å². The molecular weight excluding hydrogens is 418 g/mol. The molecule has 0 radical (unpaired) electrons. The van der Waals surface area contributed by atoms with E-state index >= 15 is 0 Å². The van der Waals surface area contributed by atoms with Crippen LogP contribution in [0.1, 0.15) is 141 Å². The van der Waals surface area contributed by atoms with Crippen molar-refractivity contribution in [2.24, 2.45) is 0 Å². The highest BCUT2D eigenvalue weighted by Gasteiger charge is 1.98. The average Bonchev–Trinajstić information content (AvgIpc) is 2.86. The second-order valence-electron chi connectivity index (χ2n) is 10.0. The van der Waals surface area contributed by atoms with E-state index in [1.807, 2.05) is 0 Å². The molecule has 1 rings (SSSR count). The lowest BCUT2D eigenvalue weighted by atomic mass is 10.0. The SMILES string of the molecule is CCCCCCCCCCCCCOCCCNOc1ccc(CCCCCCCCC)cc1. The maximum absolute atomic E-state index is 5.76. The number of ether oxygens (including phenoxy) is 1. The van der Waals surface area contributed by atoms with Gasteiger partial charge in [0.2, 0.25) is 0 Å². The van der Waals surface area contributed by atoms with E-state index in [0.717, 1.165) is 31.9 Å². The van der Waals surface area contributed by atoms with Gasteiger partial charge < -0.3 is 9.57 Å². The van der Waals surface area contributed by atoms with Gasteiger partial charge in [-0.15, -0.1) is 0 Å². The molecule has 1 aromatic rings. The van der Waals surface area contributed by atoms with Crippen LogP contribution in [0.4, 0.5) is 0 Å². The normalized spacial score (nSPS) is 11.2.